The van der Waals surface area contributed by atoms with Crippen LogP contribution >= 0.6 is 15.9 Å². The first kappa shape index (κ1) is 10.8. The molecule has 1 rings (SSSR count). The highest BCUT2D eigenvalue weighted by molar-refractivity contribution is 9.10. The van der Waals surface area contributed by atoms with Crippen LogP contribution in [-0.4, -0.2) is 16.1 Å². The third-order valence-electron chi connectivity index (χ3n) is 1.51. The van der Waals surface area contributed by atoms with Gasteiger partial charge in [-0.1, -0.05) is 0 Å². The van der Waals surface area contributed by atoms with Gasteiger partial charge < -0.3 is 10.8 Å². The summed E-state index contributed by atoms with van der Waals surface area (Å²) in [6.07, 6.45) is -2.96. The molecule has 3 N–H and O–H groups in total. The number of nitrogen functional groups attached to an aromatic ring is 1. The maximum Gasteiger partial charge on any atom is 0.336 e. The van der Waals surface area contributed by atoms with Gasteiger partial charge in [0.05, 0.1) is 11.1 Å². The van der Waals surface area contributed by atoms with E-state index < -0.39 is 29.3 Å². The number of carboxylic acids is 1. The monoisotopic (exact) mass is 266 g/mol. The summed E-state index contributed by atoms with van der Waals surface area (Å²) >= 11 is 2.87. The Balaban J connectivity index is 3.44. The molecule has 1 aromatic rings. The molecule has 0 aliphatic rings. The lowest BCUT2D eigenvalue weighted by Gasteiger charge is -2.07. The molecule has 1 heterocycles. The first-order valence-electron chi connectivity index (χ1n) is 3.41. The summed E-state index contributed by atoms with van der Waals surface area (Å²) < 4.78 is 24.9. The molecule has 0 aliphatic heterocycles. The zero-order valence-electron chi connectivity index (χ0n) is 6.67. The van der Waals surface area contributed by atoms with Crippen molar-refractivity contribution in [3.63, 3.8) is 0 Å². The van der Waals surface area contributed by atoms with Crippen LogP contribution < -0.4 is 5.73 Å². The number of aromatic carboxylic acids is 1. The minimum absolute atomic E-state index is 0.108. The highest BCUT2D eigenvalue weighted by Gasteiger charge is 2.22. The highest BCUT2D eigenvalue weighted by atomic mass is 79.9. The standard InChI is InChI=1S/C7H5BrF2N2O2/c8-3-1-2(7(13)14)4(5(9)10)6(11)12-3/h1,5H,(H2,11,12)(H,13,14). The zero-order valence-corrected chi connectivity index (χ0v) is 8.25. The molecule has 0 spiro atoms. The van der Waals surface area contributed by atoms with Gasteiger partial charge in [0, 0.05) is 0 Å². The number of nitrogens with zero attached hydrogens (tertiary/aromatic N) is 1. The molecule has 0 saturated heterocycles. The first-order valence-corrected chi connectivity index (χ1v) is 4.20. The van der Waals surface area contributed by atoms with Gasteiger partial charge in [0.15, 0.2) is 0 Å². The van der Waals surface area contributed by atoms with Crippen LogP contribution in [0.1, 0.15) is 22.3 Å². The molecule has 4 nitrogen and oxygen atoms in total. The van der Waals surface area contributed by atoms with Gasteiger partial charge in [-0.2, -0.15) is 0 Å². The zero-order chi connectivity index (χ0) is 10.9. The van der Waals surface area contributed by atoms with Crippen LogP contribution in [-0.2, 0) is 0 Å². The predicted molar refractivity (Wildman–Crippen MR) is 48.3 cm³/mol. The molecular formula is C7H5BrF2N2O2. The minimum Gasteiger partial charge on any atom is -0.478 e. The third kappa shape index (κ3) is 1.98. The van der Waals surface area contributed by atoms with Gasteiger partial charge in [-0.05, 0) is 22.0 Å². The molecule has 0 saturated carbocycles. The van der Waals surface area contributed by atoms with E-state index in [2.05, 4.69) is 20.9 Å². The maximum absolute atomic E-state index is 12.4. The Kier molecular flexibility index (Phi) is 3.00. The second-order valence-electron chi connectivity index (χ2n) is 2.40. The number of nitrogens with two attached hydrogens (primary N) is 1. The van der Waals surface area contributed by atoms with E-state index in [1.165, 1.54) is 0 Å². The smallest absolute Gasteiger partial charge is 0.336 e. The third-order valence-corrected chi connectivity index (χ3v) is 1.91. The Hall–Kier alpha value is -1.24. The Morgan fingerprint density at radius 3 is 2.64 bits per heavy atom. The van der Waals surface area contributed by atoms with Crippen LogP contribution in [0, 0.1) is 0 Å². The SMILES string of the molecule is Nc1nc(Br)cc(C(=O)O)c1C(F)F. The van der Waals surface area contributed by atoms with Crippen LogP contribution in [0.3, 0.4) is 0 Å². The fraction of sp³-hybridized carbons (Fsp3) is 0.143. The van der Waals surface area contributed by atoms with Crippen LogP contribution in [0.5, 0.6) is 0 Å². The summed E-state index contributed by atoms with van der Waals surface area (Å²) in [6.45, 7) is 0. The van der Waals surface area contributed by atoms with Crippen molar-refractivity contribution in [2.45, 2.75) is 6.43 Å². The van der Waals surface area contributed by atoms with Crippen molar-refractivity contribution in [3.8, 4) is 0 Å². The van der Waals surface area contributed by atoms with E-state index in [9.17, 15) is 13.6 Å². The lowest BCUT2D eigenvalue weighted by Crippen LogP contribution is -2.08. The van der Waals surface area contributed by atoms with Crippen LogP contribution in [0.15, 0.2) is 10.7 Å². The Morgan fingerprint density at radius 2 is 2.21 bits per heavy atom. The number of carbonyl (C=O) groups is 1. The molecule has 0 radical (unpaired) electrons. The van der Waals surface area contributed by atoms with Gasteiger partial charge in [0.1, 0.15) is 10.4 Å². The van der Waals surface area contributed by atoms with Crippen molar-refractivity contribution in [1.29, 1.82) is 0 Å². The molecule has 7 heteroatoms. The number of pyridine rings is 1. The fourth-order valence-electron chi connectivity index (χ4n) is 0.949. The van der Waals surface area contributed by atoms with Crippen molar-refractivity contribution in [2.75, 3.05) is 5.73 Å². The number of hydrogen-bond acceptors (Lipinski definition) is 3. The number of halogens is 3. The molecule has 76 valence electrons. The van der Waals surface area contributed by atoms with E-state index in [1.807, 2.05) is 0 Å². The van der Waals surface area contributed by atoms with E-state index in [4.69, 9.17) is 10.8 Å². The summed E-state index contributed by atoms with van der Waals surface area (Å²) in [5.74, 6) is -1.94. The summed E-state index contributed by atoms with van der Waals surface area (Å²) in [5, 5.41) is 8.63. The lowest BCUT2D eigenvalue weighted by molar-refractivity contribution is 0.0684. The van der Waals surface area contributed by atoms with Crippen LogP contribution in [0.25, 0.3) is 0 Å². The number of anilines is 1. The molecule has 14 heavy (non-hydrogen) atoms. The fourth-order valence-corrected chi connectivity index (χ4v) is 1.37. The first-order chi connectivity index (χ1) is 6.43. The average Bonchev–Trinajstić information content (AvgIpc) is 2.01. The molecule has 0 atom stereocenters. The molecule has 0 aliphatic carbocycles. The summed E-state index contributed by atoms with van der Waals surface area (Å²) in [6, 6.07) is 0.986. The second kappa shape index (κ2) is 3.87. The Morgan fingerprint density at radius 1 is 1.64 bits per heavy atom. The van der Waals surface area contributed by atoms with Gasteiger partial charge in [-0.15, -0.1) is 0 Å². The van der Waals surface area contributed by atoms with E-state index in [1.54, 1.807) is 0 Å². The normalized spacial score (nSPS) is 10.6. The molecular weight excluding hydrogens is 262 g/mol. The van der Waals surface area contributed by atoms with Crippen molar-refractivity contribution >= 4 is 27.7 Å². The number of hydrogen-bond donors (Lipinski definition) is 2. The summed E-state index contributed by atoms with van der Waals surface area (Å²) in [7, 11) is 0. The molecule has 0 bridgehead atoms. The predicted octanol–water partition coefficient (Wildman–Crippen LogP) is 2.06. The van der Waals surface area contributed by atoms with E-state index in [-0.39, 0.29) is 4.60 Å². The van der Waals surface area contributed by atoms with E-state index in [0.29, 0.717) is 0 Å². The molecule has 1 aromatic heterocycles. The maximum atomic E-state index is 12.4. The van der Waals surface area contributed by atoms with E-state index in [0.717, 1.165) is 6.07 Å². The minimum atomic E-state index is -2.96. The van der Waals surface area contributed by atoms with Crippen LogP contribution in [0.2, 0.25) is 0 Å². The lowest BCUT2D eigenvalue weighted by atomic mass is 10.1. The van der Waals surface area contributed by atoms with Gasteiger partial charge in [0.2, 0.25) is 0 Å². The highest BCUT2D eigenvalue weighted by Crippen LogP contribution is 2.29. The number of aromatic nitrogens is 1. The van der Waals surface area contributed by atoms with Crippen molar-refractivity contribution in [1.82, 2.24) is 4.98 Å². The van der Waals surface area contributed by atoms with Gasteiger partial charge in [-0.25, -0.2) is 18.6 Å². The van der Waals surface area contributed by atoms with Gasteiger partial charge >= 0.3 is 5.97 Å². The topological polar surface area (TPSA) is 76.2 Å². The molecule has 0 fully saturated rings. The Labute approximate surface area is 85.9 Å². The molecule has 0 unspecified atom stereocenters. The van der Waals surface area contributed by atoms with Gasteiger partial charge in [-0.3, -0.25) is 0 Å². The van der Waals surface area contributed by atoms with Crippen LogP contribution in [0.4, 0.5) is 14.6 Å². The summed E-state index contributed by atoms with van der Waals surface area (Å²) in [5.41, 5.74) is 3.88. The summed E-state index contributed by atoms with van der Waals surface area (Å²) in [4.78, 5) is 14.1. The number of alkyl halides is 2. The van der Waals surface area contributed by atoms with Crippen molar-refractivity contribution < 1.29 is 18.7 Å². The number of carboxylic acid groups (broad SMARTS) is 1. The molecule has 0 aromatic carbocycles. The average molecular weight is 267 g/mol. The number of rotatable bonds is 2. The van der Waals surface area contributed by atoms with E-state index >= 15 is 0 Å². The van der Waals surface area contributed by atoms with Gasteiger partial charge in [0.25, 0.3) is 6.43 Å². The largest absolute Gasteiger partial charge is 0.478 e. The van der Waals surface area contributed by atoms with Crippen molar-refractivity contribution in [2.24, 2.45) is 0 Å². The quantitative estimate of drug-likeness (QED) is 0.804. The Bertz CT molecular complexity index is 384. The second-order valence-corrected chi connectivity index (χ2v) is 3.21. The van der Waals surface area contributed by atoms with Crippen molar-refractivity contribution in [3.05, 3.63) is 21.8 Å². The molecule has 0 amide bonds.